The van der Waals surface area contributed by atoms with Crippen molar-refractivity contribution < 1.29 is 18.9 Å². The summed E-state index contributed by atoms with van der Waals surface area (Å²) in [6.45, 7) is 4.89. The lowest BCUT2D eigenvalue weighted by Crippen LogP contribution is -2.35. The molecule has 0 aromatic carbocycles. The Morgan fingerprint density at radius 1 is 0.654 bits per heavy atom. The Hall–Kier alpha value is -1.75. The monoisotopic (exact) mass is 372 g/mol. The molecule has 0 aliphatic carbocycles. The van der Waals surface area contributed by atoms with Gasteiger partial charge in [-0.1, -0.05) is 0 Å². The highest BCUT2D eigenvalue weighted by Crippen LogP contribution is 2.16. The van der Waals surface area contributed by atoms with E-state index in [4.69, 9.17) is 18.9 Å². The summed E-state index contributed by atoms with van der Waals surface area (Å²) >= 11 is 0. The molecule has 0 atom stereocenters. The Kier molecular flexibility index (Phi) is 11.5. The minimum absolute atomic E-state index is 0.504. The van der Waals surface area contributed by atoms with E-state index in [1.54, 1.807) is 35.5 Å². The van der Waals surface area contributed by atoms with Crippen molar-refractivity contribution in [3.8, 4) is 0 Å². The van der Waals surface area contributed by atoms with Crippen molar-refractivity contribution in [2.45, 2.75) is 0 Å². The molecule has 1 N–H and O–H groups in total. The van der Waals surface area contributed by atoms with Gasteiger partial charge in [-0.15, -0.1) is 0 Å². The van der Waals surface area contributed by atoms with Crippen molar-refractivity contribution >= 4 is 17.8 Å². The van der Waals surface area contributed by atoms with Crippen LogP contribution in [0, 0.1) is 0 Å². The van der Waals surface area contributed by atoms with Crippen molar-refractivity contribution in [1.29, 1.82) is 0 Å². The van der Waals surface area contributed by atoms with Crippen LogP contribution in [0.5, 0.6) is 0 Å². The Bertz CT molecular complexity index is 440. The first-order valence-electron chi connectivity index (χ1n) is 8.59. The summed E-state index contributed by atoms with van der Waals surface area (Å²) in [6, 6.07) is 0. The molecule has 0 saturated heterocycles. The largest absolute Gasteiger partial charge is 0.383 e. The third-order valence-electron chi connectivity index (χ3n) is 3.66. The van der Waals surface area contributed by atoms with Crippen LogP contribution in [0.15, 0.2) is 0 Å². The molecule has 0 aliphatic heterocycles. The fourth-order valence-electron chi connectivity index (χ4n) is 2.18. The maximum absolute atomic E-state index is 5.20. The van der Waals surface area contributed by atoms with Gasteiger partial charge >= 0.3 is 0 Å². The summed E-state index contributed by atoms with van der Waals surface area (Å²) in [7, 11) is 8.46. The van der Waals surface area contributed by atoms with E-state index in [1.165, 1.54) is 0 Å². The van der Waals surface area contributed by atoms with Crippen LogP contribution in [0.1, 0.15) is 0 Å². The number of ether oxygens (including phenoxy) is 4. The third kappa shape index (κ3) is 7.65. The topological polar surface area (TPSA) is 94.1 Å². The number of rotatable bonds is 15. The van der Waals surface area contributed by atoms with Crippen LogP contribution in [0.4, 0.5) is 17.8 Å². The highest BCUT2D eigenvalue weighted by atomic mass is 16.5. The second-order valence-corrected chi connectivity index (χ2v) is 5.45. The van der Waals surface area contributed by atoms with Crippen LogP contribution in [0.3, 0.4) is 0 Å². The minimum Gasteiger partial charge on any atom is -0.383 e. The molecule has 10 nitrogen and oxygen atoms in total. The van der Waals surface area contributed by atoms with Crippen LogP contribution >= 0.6 is 0 Å². The molecule has 0 saturated carbocycles. The minimum atomic E-state index is 0.504. The van der Waals surface area contributed by atoms with Gasteiger partial charge in [-0.25, -0.2) is 0 Å². The first kappa shape index (κ1) is 22.3. The van der Waals surface area contributed by atoms with Gasteiger partial charge in [-0.3, -0.25) is 0 Å². The van der Waals surface area contributed by atoms with E-state index < -0.39 is 0 Å². The number of aromatic nitrogens is 3. The number of anilines is 3. The van der Waals surface area contributed by atoms with Crippen LogP contribution < -0.4 is 15.1 Å². The molecule has 0 amide bonds. The highest BCUT2D eigenvalue weighted by molar-refractivity contribution is 5.45. The number of methoxy groups -OCH3 is 4. The standard InChI is InChI=1S/C16H32N6O4/c1-17-14-18-15(21(6-10-23-2)7-11-24-3)20-16(19-14)22(8-12-25-4)9-13-26-5/h6-13H2,1-5H3,(H,17,18,19,20). The summed E-state index contributed by atoms with van der Waals surface area (Å²) in [5.41, 5.74) is 0. The highest BCUT2D eigenvalue weighted by Gasteiger charge is 2.17. The molecule has 0 unspecified atom stereocenters. The smallest absolute Gasteiger partial charge is 0.232 e. The van der Waals surface area contributed by atoms with E-state index in [9.17, 15) is 0 Å². The van der Waals surface area contributed by atoms with Crippen molar-refractivity contribution in [3.05, 3.63) is 0 Å². The van der Waals surface area contributed by atoms with E-state index in [0.717, 1.165) is 0 Å². The summed E-state index contributed by atoms with van der Waals surface area (Å²) < 4.78 is 20.8. The Labute approximate surface area is 155 Å². The zero-order chi connectivity index (χ0) is 19.2. The predicted octanol–water partition coefficient (Wildman–Crippen LogP) is 0.112. The molecule has 10 heteroatoms. The number of hydrogen-bond acceptors (Lipinski definition) is 10. The molecule has 150 valence electrons. The van der Waals surface area contributed by atoms with Crippen molar-refractivity contribution in [2.24, 2.45) is 0 Å². The average molecular weight is 372 g/mol. The zero-order valence-corrected chi connectivity index (χ0v) is 16.5. The quantitative estimate of drug-likeness (QED) is 0.457. The van der Waals surface area contributed by atoms with Crippen molar-refractivity contribution in [3.63, 3.8) is 0 Å². The van der Waals surface area contributed by atoms with Gasteiger partial charge in [0.1, 0.15) is 0 Å². The van der Waals surface area contributed by atoms with Gasteiger partial charge < -0.3 is 34.1 Å². The average Bonchev–Trinajstić information content (AvgIpc) is 2.67. The van der Waals surface area contributed by atoms with E-state index in [2.05, 4.69) is 20.3 Å². The molecule has 0 spiro atoms. The lowest BCUT2D eigenvalue weighted by Gasteiger charge is -2.26. The molecular formula is C16H32N6O4. The molecule has 0 fully saturated rings. The third-order valence-corrected chi connectivity index (χ3v) is 3.66. The number of hydrogen-bond donors (Lipinski definition) is 1. The Morgan fingerprint density at radius 2 is 1.00 bits per heavy atom. The van der Waals surface area contributed by atoms with Gasteiger partial charge in [0, 0.05) is 61.7 Å². The fraction of sp³-hybridized carbons (Fsp3) is 0.812. The molecule has 1 rings (SSSR count). The maximum Gasteiger partial charge on any atom is 0.232 e. The van der Waals surface area contributed by atoms with Crippen LogP contribution in [-0.4, -0.2) is 103 Å². The maximum atomic E-state index is 5.20. The van der Waals surface area contributed by atoms with E-state index >= 15 is 0 Å². The van der Waals surface area contributed by atoms with Gasteiger partial charge in [0.2, 0.25) is 17.8 Å². The second-order valence-electron chi connectivity index (χ2n) is 5.45. The number of nitrogens with one attached hydrogen (secondary N) is 1. The molecule has 0 aliphatic rings. The van der Waals surface area contributed by atoms with Crippen LogP contribution in [0.25, 0.3) is 0 Å². The lowest BCUT2D eigenvalue weighted by atomic mass is 10.5. The molecule has 0 radical (unpaired) electrons. The first-order chi connectivity index (χ1) is 12.7. The van der Waals surface area contributed by atoms with Crippen LogP contribution in [-0.2, 0) is 18.9 Å². The van der Waals surface area contributed by atoms with Crippen molar-refractivity contribution in [2.75, 3.05) is 103 Å². The van der Waals surface area contributed by atoms with Crippen LogP contribution in [0.2, 0.25) is 0 Å². The summed E-state index contributed by atoms with van der Waals surface area (Å²) in [5, 5.41) is 3.00. The van der Waals surface area contributed by atoms with Gasteiger partial charge in [0.25, 0.3) is 0 Å². The van der Waals surface area contributed by atoms with E-state index in [1.807, 2.05) is 9.80 Å². The Morgan fingerprint density at radius 3 is 1.27 bits per heavy atom. The van der Waals surface area contributed by atoms with E-state index in [-0.39, 0.29) is 0 Å². The fourth-order valence-corrected chi connectivity index (χ4v) is 2.18. The molecule has 1 aromatic rings. The van der Waals surface area contributed by atoms with Gasteiger partial charge in [-0.2, -0.15) is 15.0 Å². The first-order valence-corrected chi connectivity index (χ1v) is 8.59. The summed E-state index contributed by atoms with van der Waals surface area (Å²) in [4.78, 5) is 17.7. The van der Waals surface area contributed by atoms with Gasteiger partial charge in [0.15, 0.2) is 0 Å². The molecular weight excluding hydrogens is 340 g/mol. The lowest BCUT2D eigenvalue weighted by molar-refractivity contribution is 0.189. The van der Waals surface area contributed by atoms with E-state index in [0.29, 0.717) is 70.5 Å². The summed E-state index contributed by atoms with van der Waals surface area (Å²) in [5.74, 6) is 1.66. The van der Waals surface area contributed by atoms with Gasteiger partial charge in [-0.05, 0) is 0 Å². The normalized spacial score (nSPS) is 10.8. The summed E-state index contributed by atoms with van der Waals surface area (Å²) in [6.07, 6.45) is 0. The number of nitrogens with zero attached hydrogens (tertiary/aromatic N) is 5. The SMILES string of the molecule is CNc1nc(N(CCOC)CCOC)nc(N(CCOC)CCOC)n1. The zero-order valence-electron chi connectivity index (χ0n) is 16.5. The second kappa shape index (κ2) is 13.5. The van der Waals surface area contributed by atoms with Gasteiger partial charge in [0.05, 0.1) is 26.4 Å². The Balaban J connectivity index is 3.11. The molecule has 1 heterocycles. The molecule has 0 bridgehead atoms. The molecule has 26 heavy (non-hydrogen) atoms. The van der Waals surface area contributed by atoms with Crippen molar-refractivity contribution in [1.82, 2.24) is 15.0 Å². The predicted molar refractivity (Wildman–Crippen MR) is 101 cm³/mol. The molecule has 1 aromatic heterocycles.